The number of hydrogen-bond acceptors (Lipinski definition) is 2. The number of nitriles is 1. The number of urea groups is 1. The van der Waals surface area contributed by atoms with E-state index in [1.165, 1.54) is 0 Å². The molecule has 0 saturated heterocycles. The first kappa shape index (κ1) is 7.62. The van der Waals surface area contributed by atoms with Crippen LogP contribution in [0.25, 0.3) is 0 Å². The molecule has 13 heavy (non-hydrogen) atoms. The SMILES string of the molecule is N#Cc1ccc2c(c1)NC(=O)NC2. The molecular weight excluding hydrogens is 166 g/mol. The van der Waals surface area contributed by atoms with Gasteiger partial charge in [-0.2, -0.15) is 5.26 Å². The third-order valence-corrected chi connectivity index (χ3v) is 1.93. The van der Waals surface area contributed by atoms with E-state index in [9.17, 15) is 4.79 Å². The molecule has 0 aromatic heterocycles. The molecule has 0 saturated carbocycles. The third-order valence-electron chi connectivity index (χ3n) is 1.93. The number of nitrogens with zero attached hydrogens (tertiary/aromatic N) is 1. The molecule has 0 atom stereocenters. The smallest absolute Gasteiger partial charge is 0.319 e. The van der Waals surface area contributed by atoms with Crippen LogP contribution in [0.5, 0.6) is 0 Å². The summed E-state index contributed by atoms with van der Waals surface area (Å²) in [5, 5.41) is 13.9. The molecular formula is C9H7N3O. The Balaban J connectivity index is 2.45. The van der Waals surface area contributed by atoms with Crippen LogP contribution in [0.4, 0.5) is 10.5 Å². The van der Waals surface area contributed by atoms with Crippen LogP contribution in [0.3, 0.4) is 0 Å². The van der Waals surface area contributed by atoms with E-state index in [2.05, 4.69) is 10.6 Å². The lowest BCUT2D eigenvalue weighted by Gasteiger charge is -2.17. The zero-order valence-corrected chi connectivity index (χ0v) is 6.79. The first-order valence-corrected chi connectivity index (χ1v) is 3.87. The molecule has 0 fully saturated rings. The minimum Gasteiger partial charge on any atom is -0.334 e. The van der Waals surface area contributed by atoms with Gasteiger partial charge in [-0.1, -0.05) is 6.07 Å². The molecule has 2 rings (SSSR count). The molecule has 64 valence electrons. The molecule has 1 aliphatic rings. The van der Waals surface area contributed by atoms with Crippen LogP contribution >= 0.6 is 0 Å². The van der Waals surface area contributed by atoms with Crippen LogP contribution in [0.15, 0.2) is 18.2 Å². The molecule has 0 aliphatic carbocycles. The number of carbonyl (C=O) groups excluding carboxylic acids is 1. The van der Waals surface area contributed by atoms with Crippen molar-refractivity contribution in [1.29, 1.82) is 5.26 Å². The van der Waals surface area contributed by atoms with Crippen molar-refractivity contribution in [3.63, 3.8) is 0 Å². The first-order valence-electron chi connectivity index (χ1n) is 3.87. The number of amides is 2. The minimum atomic E-state index is -0.220. The van der Waals surface area contributed by atoms with Gasteiger partial charge in [0.15, 0.2) is 0 Å². The number of anilines is 1. The van der Waals surface area contributed by atoms with Gasteiger partial charge in [0.05, 0.1) is 11.6 Å². The second-order valence-electron chi connectivity index (χ2n) is 2.79. The van der Waals surface area contributed by atoms with Crippen molar-refractivity contribution >= 4 is 11.7 Å². The second-order valence-corrected chi connectivity index (χ2v) is 2.79. The highest BCUT2D eigenvalue weighted by molar-refractivity contribution is 5.92. The zero-order chi connectivity index (χ0) is 9.26. The van der Waals surface area contributed by atoms with Crippen LogP contribution < -0.4 is 10.6 Å². The van der Waals surface area contributed by atoms with E-state index in [0.29, 0.717) is 12.1 Å². The second kappa shape index (κ2) is 2.79. The lowest BCUT2D eigenvalue weighted by Crippen LogP contribution is -2.33. The van der Waals surface area contributed by atoms with Crippen LogP contribution in [-0.2, 0) is 6.54 Å². The number of rotatable bonds is 0. The first-order chi connectivity index (χ1) is 6.29. The normalized spacial score (nSPS) is 13.6. The fourth-order valence-electron chi connectivity index (χ4n) is 1.26. The van der Waals surface area contributed by atoms with Crippen LogP contribution in [0, 0.1) is 11.3 Å². The molecule has 0 bridgehead atoms. The molecule has 2 amide bonds. The molecule has 1 heterocycles. The molecule has 0 radical (unpaired) electrons. The van der Waals surface area contributed by atoms with Crippen molar-refractivity contribution < 1.29 is 4.79 Å². The van der Waals surface area contributed by atoms with E-state index >= 15 is 0 Å². The van der Waals surface area contributed by atoms with Gasteiger partial charge >= 0.3 is 6.03 Å². The summed E-state index contributed by atoms with van der Waals surface area (Å²) < 4.78 is 0. The van der Waals surface area contributed by atoms with Gasteiger partial charge in [-0.3, -0.25) is 0 Å². The van der Waals surface area contributed by atoms with Crippen molar-refractivity contribution in [2.45, 2.75) is 6.54 Å². The molecule has 4 heteroatoms. The lowest BCUT2D eigenvalue weighted by molar-refractivity contribution is 0.251. The van der Waals surface area contributed by atoms with Gasteiger partial charge in [0.1, 0.15) is 0 Å². The van der Waals surface area contributed by atoms with Gasteiger partial charge < -0.3 is 10.6 Å². The van der Waals surface area contributed by atoms with Crippen LogP contribution in [0.1, 0.15) is 11.1 Å². The molecule has 1 aromatic carbocycles. The van der Waals surface area contributed by atoms with E-state index in [-0.39, 0.29) is 6.03 Å². The maximum atomic E-state index is 10.9. The van der Waals surface area contributed by atoms with Crippen molar-refractivity contribution in [3.8, 4) is 6.07 Å². The standard InChI is InChI=1S/C9H7N3O/c10-4-6-1-2-7-5-11-9(13)12-8(7)3-6/h1-3H,5H2,(H2,11,12,13). The van der Waals surface area contributed by atoms with Gasteiger partial charge in [0.25, 0.3) is 0 Å². The Morgan fingerprint density at radius 3 is 3.08 bits per heavy atom. The summed E-state index contributed by atoms with van der Waals surface area (Å²) in [6.07, 6.45) is 0. The number of nitrogens with one attached hydrogen (secondary N) is 2. The van der Waals surface area contributed by atoms with E-state index in [0.717, 1.165) is 11.3 Å². The van der Waals surface area contributed by atoms with E-state index in [1.54, 1.807) is 12.1 Å². The lowest BCUT2D eigenvalue weighted by atomic mass is 10.1. The fourth-order valence-corrected chi connectivity index (χ4v) is 1.26. The maximum Gasteiger partial charge on any atom is 0.319 e. The van der Waals surface area contributed by atoms with Gasteiger partial charge in [0, 0.05) is 12.2 Å². The summed E-state index contributed by atoms with van der Waals surface area (Å²) in [7, 11) is 0. The summed E-state index contributed by atoms with van der Waals surface area (Å²) in [6.45, 7) is 0.521. The Morgan fingerprint density at radius 2 is 2.31 bits per heavy atom. The molecule has 0 unspecified atom stereocenters. The largest absolute Gasteiger partial charge is 0.334 e. The summed E-state index contributed by atoms with van der Waals surface area (Å²) in [6, 6.07) is 7.04. The highest BCUT2D eigenvalue weighted by Gasteiger charge is 2.13. The zero-order valence-electron chi connectivity index (χ0n) is 6.79. The number of benzene rings is 1. The monoisotopic (exact) mass is 173 g/mol. The summed E-state index contributed by atoms with van der Waals surface area (Å²) in [5.41, 5.74) is 2.28. The van der Waals surface area contributed by atoms with E-state index < -0.39 is 0 Å². The summed E-state index contributed by atoms with van der Waals surface area (Å²) in [5.74, 6) is 0. The molecule has 1 aromatic rings. The van der Waals surface area contributed by atoms with Gasteiger partial charge in [-0.25, -0.2) is 4.79 Å². The number of fused-ring (bicyclic) bond motifs is 1. The van der Waals surface area contributed by atoms with Crippen LogP contribution in [-0.4, -0.2) is 6.03 Å². The average Bonchev–Trinajstić information content (AvgIpc) is 2.16. The third kappa shape index (κ3) is 1.32. The molecule has 2 N–H and O–H groups in total. The molecule has 4 nitrogen and oxygen atoms in total. The predicted octanol–water partition coefficient (Wildman–Crippen LogP) is 1.19. The van der Waals surface area contributed by atoms with Crippen molar-refractivity contribution in [2.24, 2.45) is 0 Å². The van der Waals surface area contributed by atoms with E-state index in [1.807, 2.05) is 12.1 Å². The Labute approximate surface area is 75.2 Å². The fraction of sp³-hybridized carbons (Fsp3) is 0.111. The Morgan fingerprint density at radius 1 is 1.46 bits per heavy atom. The highest BCUT2D eigenvalue weighted by atomic mass is 16.2. The molecule has 1 aliphatic heterocycles. The Hall–Kier alpha value is -2.02. The summed E-state index contributed by atoms with van der Waals surface area (Å²) in [4.78, 5) is 10.9. The average molecular weight is 173 g/mol. The van der Waals surface area contributed by atoms with E-state index in [4.69, 9.17) is 5.26 Å². The Kier molecular flexibility index (Phi) is 1.64. The van der Waals surface area contributed by atoms with Gasteiger partial charge in [0.2, 0.25) is 0 Å². The maximum absolute atomic E-state index is 10.9. The quantitative estimate of drug-likeness (QED) is 0.619. The van der Waals surface area contributed by atoms with Gasteiger partial charge in [-0.05, 0) is 17.7 Å². The topological polar surface area (TPSA) is 64.9 Å². The van der Waals surface area contributed by atoms with Crippen molar-refractivity contribution in [2.75, 3.05) is 5.32 Å². The Bertz CT molecular complexity index is 406. The van der Waals surface area contributed by atoms with Crippen molar-refractivity contribution in [3.05, 3.63) is 29.3 Å². The predicted molar refractivity (Wildman–Crippen MR) is 47.0 cm³/mol. The number of carbonyl (C=O) groups is 1. The highest BCUT2D eigenvalue weighted by Crippen LogP contribution is 2.19. The minimum absolute atomic E-state index is 0.220. The van der Waals surface area contributed by atoms with Crippen LogP contribution in [0.2, 0.25) is 0 Å². The summed E-state index contributed by atoms with van der Waals surface area (Å²) >= 11 is 0. The van der Waals surface area contributed by atoms with Crippen molar-refractivity contribution in [1.82, 2.24) is 5.32 Å². The van der Waals surface area contributed by atoms with Gasteiger partial charge in [-0.15, -0.1) is 0 Å². The molecule has 0 spiro atoms. The number of hydrogen-bond donors (Lipinski definition) is 2.